The highest BCUT2D eigenvalue weighted by atomic mass is 79.9. The van der Waals surface area contributed by atoms with Crippen molar-refractivity contribution >= 4 is 37.5 Å². The predicted octanol–water partition coefficient (Wildman–Crippen LogP) is 4.07. The molecule has 1 aromatic rings. The second kappa shape index (κ2) is 5.27. The molecule has 2 atom stereocenters. The Kier molecular flexibility index (Phi) is 4.50. The minimum atomic E-state index is -0.385. The number of nitro groups is 1. The molecule has 0 aliphatic heterocycles. The van der Waals surface area contributed by atoms with Crippen LogP contribution in [0.15, 0.2) is 24.3 Å². The minimum absolute atomic E-state index is 0.0524. The lowest BCUT2D eigenvalue weighted by Crippen LogP contribution is -2.28. The molecule has 0 aliphatic rings. The summed E-state index contributed by atoms with van der Waals surface area (Å²) < 4.78 is -0.0524. The van der Waals surface area contributed by atoms with Crippen LogP contribution in [0.5, 0.6) is 0 Å². The van der Waals surface area contributed by atoms with Gasteiger partial charge in [-0.3, -0.25) is 10.1 Å². The number of hydrogen-bond donors (Lipinski definition) is 0. The quantitative estimate of drug-likeness (QED) is 0.466. The van der Waals surface area contributed by atoms with Crippen LogP contribution in [-0.2, 0) is 6.42 Å². The third-order valence-corrected chi connectivity index (χ3v) is 5.12. The zero-order valence-corrected chi connectivity index (χ0v) is 12.3. The second-order valence-corrected chi connectivity index (χ2v) is 7.18. The maximum Gasteiger partial charge on any atom is 0.269 e. The van der Waals surface area contributed by atoms with Crippen LogP contribution < -0.4 is 0 Å². The number of benzene rings is 1. The molecule has 0 bridgehead atoms. The molecule has 0 aliphatic carbocycles. The monoisotopic (exact) mass is 349 g/mol. The van der Waals surface area contributed by atoms with Gasteiger partial charge < -0.3 is 0 Å². The molecule has 1 aromatic carbocycles. The van der Waals surface area contributed by atoms with Crippen molar-refractivity contribution in [3.8, 4) is 0 Å². The Labute approximate surface area is 112 Å². The fourth-order valence-corrected chi connectivity index (χ4v) is 1.76. The summed E-state index contributed by atoms with van der Waals surface area (Å²) in [5.74, 6) is 0. The largest absolute Gasteiger partial charge is 0.269 e. The van der Waals surface area contributed by atoms with E-state index in [0.717, 1.165) is 12.0 Å². The predicted molar refractivity (Wildman–Crippen MR) is 72.5 cm³/mol. The molecule has 0 amide bonds. The van der Waals surface area contributed by atoms with E-state index in [2.05, 4.69) is 45.7 Å². The first-order chi connectivity index (χ1) is 7.33. The molecule has 0 saturated carbocycles. The van der Waals surface area contributed by atoms with Crippen LogP contribution in [-0.4, -0.2) is 14.1 Å². The standard InChI is InChI=1S/C11H13Br2NO2/c1-8(12)11(2,13)7-9-3-5-10(6-4-9)14(15)16/h3-6,8H,7H2,1-2H3. The summed E-state index contributed by atoms with van der Waals surface area (Å²) in [5.41, 5.74) is 1.21. The van der Waals surface area contributed by atoms with Gasteiger partial charge in [-0.05, 0) is 18.9 Å². The summed E-state index contributed by atoms with van der Waals surface area (Å²) in [5, 5.41) is 10.5. The molecule has 16 heavy (non-hydrogen) atoms. The first kappa shape index (κ1) is 13.6. The number of rotatable bonds is 4. The summed E-state index contributed by atoms with van der Waals surface area (Å²) in [6.45, 7) is 4.16. The lowest BCUT2D eigenvalue weighted by atomic mass is 9.98. The molecule has 0 radical (unpaired) electrons. The zero-order chi connectivity index (χ0) is 12.3. The van der Waals surface area contributed by atoms with Crippen molar-refractivity contribution in [3.63, 3.8) is 0 Å². The van der Waals surface area contributed by atoms with Crippen molar-refractivity contribution in [1.82, 2.24) is 0 Å². The molecule has 5 heteroatoms. The first-order valence-electron chi connectivity index (χ1n) is 4.89. The van der Waals surface area contributed by atoms with E-state index in [0.29, 0.717) is 4.83 Å². The molecular weight excluding hydrogens is 338 g/mol. The van der Waals surface area contributed by atoms with Gasteiger partial charge in [-0.2, -0.15) is 0 Å². The Morgan fingerprint density at radius 3 is 2.31 bits per heavy atom. The highest BCUT2D eigenvalue weighted by Gasteiger charge is 2.26. The van der Waals surface area contributed by atoms with Crippen LogP contribution in [0.4, 0.5) is 5.69 Å². The molecule has 0 fully saturated rings. The Bertz CT molecular complexity index is 374. The van der Waals surface area contributed by atoms with Crippen molar-refractivity contribution in [2.75, 3.05) is 0 Å². The molecule has 2 unspecified atom stereocenters. The van der Waals surface area contributed by atoms with Gasteiger partial charge in [-0.25, -0.2) is 0 Å². The molecule has 3 nitrogen and oxygen atoms in total. The van der Waals surface area contributed by atoms with E-state index in [-0.39, 0.29) is 14.9 Å². The van der Waals surface area contributed by atoms with Gasteiger partial charge in [-0.1, -0.05) is 50.9 Å². The van der Waals surface area contributed by atoms with E-state index in [1.165, 1.54) is 12.1 Å². The van der Waals surface area contributed by atoms with E-state index in [1.807, 2.05) is 0 Å². The summed E-state index contributed by atoms with van der Waals surface area (Å²) in [6, 6.07) is 6.68. The van der Waals surface area contributed by atoms with Crippen LogP contribution in [0.3, 0.4) is 0 Å². The van der Waals surface area contributed by atoms with E-state index < -0.39 is 0 Å². The van der Waals surface area contributed by atoms with E-state index in [9.17, 15) is 10.1 Å². The lowest BCUT2D eigenvalue weighted by molar-refractivity contribution is -0.384. The Hall–Kier alpha value is -0.420. The van der Waals surface area contributed by atoms with E-state index >= 15 is 0 Å². The maximum atomic E-state index is 10.5. The number of alkyl halides is 2. The number of halogens is 2. The smallest absolute Gasteiger partial charge is 0.258 e. The van der Waals surface area contributed by atoms with Crippen LogP contribution >= 0.6 is 31.9 Å². The SMILES string of the molecule is CC(Br)C(C)(Br)Cc1ccc([N+](=O)[O-])cc1. The Morgan fingerprint density at radius 2 is 1.94 bits per heavy atom. The topological polar surface area (TPSA) is 43.1 Å². The fraction of sp³-hybridized carbons (Fsp3) is 0.455. The fourth-order valence-electron chi connectivity index (χ4n) is 1.28. The number of nitro benzene ring substituents is 1. The molecule has 0 spiro atoms. The third kappa shape index (κ3) is 3.56. The maximum absolute atomic E-state index is 10.5. The van der Waals surface area contributed by atoms with Crippen LogP contribution in [0.1, 0.15) is 19.4 Å². The summed E-state index contributed by atoms with van der Waals surface area (Å²) >= 11 is 7.19. The molecule has 0 heterocycles. The molecular formula is C11H13Br2NO2. The Morgan fingerprint density at radius 1 is 1.44 bits per heavy atom. The van der Waals surface area contributed by atoms with Gasteiger partial charge >= 0.3 is 0 Å². The molecule has 0 aromatic heterocycles. The third-order valence-electron chi connectivity index (χ3n) is 2.53. The highest BCUT2D eigenvalue weighted by molar-refractivity contribution is 9.12. The number of hydrogen-bond acceptors (Lipinski definition) is 2. The van der Waals surface area contributed by atoms with Gasteiger partial charge in [-0.15, -0.1) is 0 Å². The van der Waals surface area contributed by atoms with E-state index in [4.69, 9.17) is 0 Å². The van der Waals surface area contributed by atoms with Crippen LogP contribution in [0.2, 0.25) is 0 Å². The summed E-state index contributed by atoms with van der Waals surface area (Å²) in [4.78, 5) is 10.4. The minimum Gasteiger partial charge on any atom is -0.258 e. The highest BCUT2D eigenvalue weighted by Crippen LogP contribution is 2.31. The first-order valence-corrected chi connectivity index (χ1v) is 6.60. The van der Waals surface area contributed by atoms with Gasteiger partial charge in [0.2, 0.25) is 0 Å². The molecule has 1 rings (SSSR count). The summed E-state index contributed by atoms with van der Waals surface area (Å²) in [6.07, 6.45) is 0.817. The van der Waals surface area contributed by atoms with Gasteiger partial charge in [0, 0.05) is 21.3 Å². The van der Waals surface area contributed by atoms with E-state index in [1.54, 1.807) is 12.1 Å². The Balaban J connectivity index is 2.80. The zero-order valence-electron chi connectivity index (χ0n) is 9.11. The van der Waals surface area contributed by atoms with Gasteiger partial charge in [0.15, 0.2) is 0 Å². The van der Waals surface area contributed by atoms with Crippen molar-refractivity contribution in [3.05, 3.63) is 39.9 Å². The van der Waals surface area contributed by atoms with Crippen molar-refractivity contribution in [2.45, 2.75) is 29.4 Å². The number of non-ortho nitro benzene ring substituents is 1. The van der Waals surface area contributed by atoms with Gasteiger partial charge in [0.05, 0.1) is 4.92 Å². The van der Waals surface area contributed by atoms with Crippen molar-refractivity contribution in [2.24, 2.45) is 0 Å². The normalized spacial score (nSPS) is 16.5. The number of nitrogens with zero attached hydrogens (tertiary/aromatic N) is 1. The average Bonchev–Trinajstić information content (AvgIpc) is 2.17. The van der Waals surface area contributed by atoms with Crippen LogP contribution in [0, 0.1) is 10.1 Å². The lowest BCUT2D eigenvalue weighted by Gasteiger charge is -2.25. The van der Waals surface area contributed by atoms with Crippen molar-refractivity contribution < 1.29 is 4.92 Å². The molecule has 0 N–H and O–H groups in total. The second-order valence-electron chi connectivity index (χ2n) is 3.99. The van der Waals surface area contributed by atoms with Gasteiger partial charge in [0.1, 0.15) is 0 Å². The van der Waals surface area contributed by atoms with Crippen molar-refractivity contribution in [1.29, 1.82) is 0 Å². The molecule has 0 saturated heterocycles. The summed E-state index contributed by atoms with van der Waals surface area (Å²) in [7, 11) is 0. The van der Waals surface area contributed by atoms with Crippen LogP contribution in [0.25, 0.3) is 0 Å². The van der Waals surface area contributed by atoms with Gasteiger partial charge in [0.25, 0.3) is 5.69 Å². The average molecular weight is 351 g/mol. The molecule has 88 valence electrons.